The van der Waals surface area contributed by atoms with Gasteiger partial charge in [0, 0.05) is 11.3 Å². The van der Waals surface area contributed by atoms with Crippen LogP contribution in [0.5, 0.6) is 0 Å². The van der Waals surface area contributed by atoms with Crippen molar-refractivity contribution in [3.8, 4) is 12.3 Å². The number of terminal acetylenes is 1. The summed E-state index contributed by atoms with van der Waals surface area (Å²) < 4.78 is 0. The summed E-state index contributed by atoms with van der Waals surface area (Å²) in [5.41, 5.74) is 7.65. The number of nitrogen functional groups attached to an aromatic ring is 1. The average Bonchev–Trinajstić information content (AvgIpc) is 2.21. The molecule has 1 aromatic rings. The fourth-order valence-electron chi connectivity index (χ4n) is 1.22. The molecule has 0 aliphatic rings. The third kappa shape index (κ3) is 2.50. The number of nitrogens with two attached hydrogens (primary N) is 1. The van der Waals surface area contributed by atoms with Crippen molar-refractivity contribution in [2.24, 2.45) is 0 Å². The lowest BCUT2D eigenvalue weighted by atomic mass is 10.1. The molecule has 0 fully saturated rings. The van der Waals surface area contributed by atoms with E-state index in [2.05, 4.69) is 11.2 Å². The molecule has 3 N–H and O–H groups in total. The summed E-state index contributed by atoms with van der Waals surface area (Å²) in [5.74, 6) is 2.25. The second-order valence-corrected chi connectivity index (χ2v) is 3.38. The van der Waals surface area contributed by atoms with Crippen molar-refractivity contribution in [1.82, 2.24) is 5.32 Å². The molecule has 0 radical (unpaired) electrons. The molecule has 0 bridgehead atoms. The largest absolute Gasteiger partial charge is 0.398 e. The fraction of sp³-hybridized carbons (Fsp3) is 0.250. The standard InChI is InChI=1S/C12H14N2O/c1-4-8(2)14-12(15)10-6-5-7-11(13)9(10)3/h1,5-8H,13H2,2-3H3,(H,14,15). The maximum absolute atomic E-state index is 11.7. The molecule has 0 aromatic heterocycles. The number of anilines is 1. The first kappa shape index (κ1) is 11.1. The molecule has 0 heterocycles. The van der Waals surface area contributed by atoms with Gasteiger partial charge >= 0.3 is 0 Å². The number of carbonyl (C=O) groups is 1. The number of benzene rings is 1. The van der Waals surface area contributed by atoms with Crippen molar-refractivity contribution in [3.63, 3.8) is 0 Å². The predicted molar refractivity (Wildman–Crippen MR) is 61.4 cm³/mol. The van der Waals surface area contributed by atoms with Gasteiger partial charge in [-0.3, -0.25) is 4.79 Å². The Labute approximate surface area is 89.7 Å². The summed E-state index contributed by atoms with van der Waals surface area (Å²) in [6.07, 6.45) is 5.18. The molecule has 0 spiro atoms. The third-order valence-corrected chi connectivity index (χ3v) is 2.22. The minimum absolute atomic E-state index is 0.190. The smallest absolute Gasteiger partial charge is 0.252 e. The van der Waals surface area contributed by atoms with Crippen LogP contribution in [-0.4, -0.2) is 11.9 Å². The molecule has 0 aliphatic heterocycles. The topological polar surface area (TPSA) is 55.1 Å². The lowest BCUT2D eigenvalue weighted by Crippen LogP contribution is -2.31. The highest BCUT2D eigenvalue weighted by atomic mass is 16.1. The second-order valence-electron chi connectivity index (χ2n) is 3.38. The van der Waals surface area contributed by atoms with Gasteiger partial charge in [0.15, 0.2) is 0 Å². The highest BCUT2D eigenvalue weighted by molar-refractivity contribution is 5.97. The molecular weight excluding hydrogens is 188 g/mol. The minimum Gasteiger partial charge on any atom is -0.398 e. The Hall–Kier alpha value is -1.95. The van der Waals surface area contributed by atoms with Gasteiger partial charge in [0.05, 0.1) is 6.04 Å². The van der Waals surface area contributed by atoms with Crippen LogP contribution >= 0.6 is 0 Å². The quantitative estimate of drug-likeness (QED) is 0.561. The van der Waals surface area contributed by atoms with Crippen molar-refractivity contribution in [3.05, 3.63) is 29.3 Å². The first-order chi connectivity index (χ1) is 7.06. The van der Waals surface area contributed by atoms with Crippen LogP contribution in [0.2, 0.25) is 0 Å². The summed E-state index contributed by atoms with van der Waals surface area (Å²) in [6.45, 7) is 3.56. The first-order valence-corrected chi connectivity index (χ1v) is 4.68. The zero-order valence-corrected chi connectivity index (χ0v) is 8.87. The van der Waals surface area contributed by atoms with Crippen LogP contribution in [0, 0.1) is 19.3 Å². The van der Waals surface area contributed by atoms with Crippen LogP contribution in [0.4, 0.5) is 5.69 Å². The Bertz CT molecular complexity index is 418. The Morgan fingerprint density at radius 2 is 2.27 bits per heavy atom. The van der Waals surface area contributed by atoms with Gasteiger partial charge in [0.2, 0.25) is 0 Å². The summed E-state index contributed by atoms with van der Waals surface area (Å²) in [4.78, 5) is 11.7. The molecule has 1 aromatic carbocycles. The van der Waals surface area contributed by atoms with Crippen LogP contribution < -0.4 is 11.1 Å². The minimum atomic E-state index is -0.279. The lowest BCUT2D eigenvalue weighted by molar-refractivity contribution is 0.0947. The van der Waals surface area contributed by atoms with Crippen molar-refractivity contribution in [2.45, 2.75) is 19.9 Å². The van der Waals surface area contributed by atoms with Crippen molar-refractivity contribution >= 4 is 11.6 Å². The Morgan fingerprint density at radius 3 is 2.87 bits per heavy atom. The molecule has 1 atom stereocenters. The Morgan fingerprint density at radius 1 is 1.60 bits per heavy atom. The fourth-order valence-corrected chi connectivity index (χ4v) is 1.22. The first-order valence-electron chi connectivity index (χ1n) is 4.68. The molecule has 1 rings (SSSR count). The number of hydrogen-bond donors (Lipinski definition) is 2. The van der Waals surface area contributed by atoms with Gasteiger partial charge in [-0.05, 0) is 31.5 Å². The Kier molecular flexibility index (Phi) is 3.35. The molecule has 78 valence electrons. The second kappa shape index (κ2) is 4.52. The maximum Gasteiger partial charge on any atom is 0.252 e. The monoisotopic (exact) mass is 202 g/mol. The van der Waals surface area contributed by atoms with E-state index in [1.54, 1.807) is 25.1 Å². The number of carbonyl (C=O) groups excluding carboxylic acids is 1. The van der Waals surface area contributed by atoms with Crippen LogP contribution in [0.1, 0.15) is 22.8 Å². The van der Waals surface area contributed by atoms with E-state index in [1.165, 1.54) is 0 Å². The number of nitrogens with one attached hydrogen (secondary N) is 1. The molecule has 1 unspecified atom stereocenters. The third-order valence-electron chi connectivity index (χ3n) is 2.22. The zero-order chi connectivity index (χ0) is 11.4. The van der Waals surface area contributed by atoms with Gasteiger partial charge in [-0.2, -0.15) is 0 Å². The van der Waals surface area contributed by atoms with Gasteiger partial charge in [-0.25, -0.2) is 0 Å². The predicted octanol–water partition coefficient (Wildman–Crippen LogP) is 1.33. The van der Waals surface area contributed by atoms with Gasteiger partial charge < -0.3 is 11.1 Å². The van der Waals surface area contributed by atoms with Crippen LogP contribution in [0.15, 0.2) is 18.2 Å². The van der Waals surface area contributed by atoms with Gasteiger partial charge in [0.25, 0.3) is 5.91 Å². The van der Waals surface area contributed by atoms with Gasteiger partial charge in [-0.15, -0.1) is 6.42 Å². The van der Waals surface area contributed by atoms with E-state index in [0.29, 0.717) is 11.3 Å². The molecule has 15 heavy (non-hydrogen) atoms. The molecule has 0 saturated carbocycles. The van der Waals surface area contributed by atoms with Crippen molar-refractivity contribution < 1.29 is 4.79 Å². The van der Waals surface area contributed by atoms with Crippen LogP contribution in [0.25, 0.3) is 0 Å². The van der Waals surface area contributed by atoms with E-state index in [-0.39, 0.29) is 11.9 Å². The van der Waals surface area contributed by atoms with E-state index in [9.17, 15) is 4.79 Å². The summed E-state index contributed by atoms with van der Waals surface area (Å²) >= 11 is 0. The average molecular weight is 202 g/mol. The number of rotatable bonds is 2. The number of amides is 1. The molecule has 1 amide bonds. The van der Waals surface area contributed by atoms with Crippen LogP contribution in [0.3, 0.4) is 0 Å². The number of hydrogen-bond acceptors (Lipinski definition) is 2. The zero-order valence-electron chi connectivity index (χ0n) is 8.87. The summed E-state index contributed by atoms with van der Waals surface area (Å²) in [5, 5.41) is 2.68. The lowest BCUT2D eigenvalue weighted by Gasteiger charge is -2.10. The SMILES string of the molecule is C#CC(C)NC(=O)c1cccc(N)c1C. The highest BCUT2D eigenvalue weighted by Crippen LogP contribution is 2.15. The molecule has 0 saturated heterocycles. The van der Waals surface area contributed by atoms with Crippen LogP contribution in [-0.2, 0) is 0 Å². The Balaban J connectivity index is 2.93. The van der Waals surface area contributed by atoms with Gasteiger partial charge in [0.1, 0.15) is 0 Å². The van der Waals surface area contributed by atoms with Crippen molar-refractivity contribution in [2.75, 3.05) is 5.73 Å². The maximum atomic E-state index is 11.7. The molecule has 3 heteroatoms. The van der Waals surface area contributed by atoms with E-state index < -0.39 is 0 Å². The molecule has 3 nitrogen and oxygen atoms in total. The van der Waals surface area contributed by atoms with E-state index in [1.807, 2.05) is 6.92 Å². The molecule has 0 aliphatic carbocycles. The normalized spacial score (nSPS) is 11.5. The summed E-state index contributed by atoms with van der Waals surface area (Å²) in [7, 11) is 0. The van der Waals surface area contributed by atoms with Gasteiger partial charge in [-0.1, -0.05) is 12.0 Å². The van der Waals surface area contributed by atoms with E-state index >= 15 is 0 Å². The molecular formula is C12H14N2O. The van der Waals surface area contributed by atoms with E-state index in [0.717, 1.165) is 5.56 Å². The highest BCUT2D eigenvalue weighted by Gasteiger charge is 2.11. The summed E-state index contributed by atoms with van der Waals surface area (Å²) in [6, 6.07) is 4.96. The van der Waals surface area contributed by atoms with Crippen molar-refractivity contribution in [1.29, 1.82) is 0 Å². The van der Waals surface area contributed by atoms with E-state index in [4.69, 9.17) is 12.2 Å².